The molecule has 0 atom stereocenters. The summed E-state index contributed by atoms with van der Waals surface area (Å²) in [5.74, 6) is 1.77. The molecule has 0 fully saturated rings. The van der Waals surface area contributed by atoms with Crippen LogP contribution in [0.25, 0.3) is 11.3 Å². The van der Waals surface area contributed by atoms with Crippen molar-refractivity contribution in [3.63, 3.8) is 0 Å². The first-order chi connectivity index (χ1) is 7.22. The summed E-state index contributed by atoms with van der Waals surface area (Å²) >= 11 is 0. The van der Waals surface area contributed by atoms with Crippen LogP contribution >= 0.6 is 0 Å². The molecule has 2 heterocycles. The van der Waals surface area contributed by atoms with Crippen LogP contribution in [0.4, 0.5) is 0 Å². The van der Waals surface area contributed by atoms with E-state index >= 15 is 0 Å². The first-order valence-corrected chi connectivity index (χ1v) is 5.00. The molecule has 2 N–H and O–H groups in total. The van der Waals surface area contributed by atoms with Crippen molar-refractivity contribution < 1.29 is 4.42 Å². The molecule has 0 spiro atoms. The molecule has 80 valence electrons. The zero-order valence-electron chi connectivity index (χ0n) is 9.03. The third kappa shape index (κ3) is 1.80. The molecule has 15 heavy (non-hydrogen) atoms. The van der Waals surface area contributed by atoms with Crippen LogP contribution in [0.2, 0.25) is 0 Å². The van der Waals surface area contributed by atoms with Crippen LogP contribution in [0, 0.1) is 6.92 Å². The normalized spacial score (nSPS) is 10.9. The van der Waals surface area contributed by atoms with Crippen LogP contribution in [0.1, 0.15) is 11.5 Å². The lowest BCUT2D eigenvalue weighted by Gasteiger charge is -2.02. The van der Waals surface area contributed by atoms with E-state index < -0.39 is 0 Å². The Kier molecular flexibility index (Phi) is 2.60. The van der Waals surface area contributed by atoms with Crippen molar-refractivity contribution in [1.82, 2.24) is 9.78 Å². The molecule has 4 heteroatoms. The summed E-state index contributed by atoms with van der Waals surface area (Å²) in [6.45, 7) is 2.55. The number of rotatable bonds is 3. The molecular weight excluding hydrogens is 190 g/mol. The minimum atomic E-state index is 0.617. The summed E-state index contributed by atoms with van der Waals surface area (Å²) in [6, 6.07) is 3.92. The first-order valence-electron chi connectivity index (χ1n) is 5.00. The molecule has 2 aromatic rings. The predicted octanol–water partition coefficient (Wildman–Crippen LogP) is 1.49. The smallest absolute Gasteiger partial charge is 0.137 e. The van der Waals surface area contributed by atoms with E-state index in [2.05, 4.69) is 5.10 Å². The van der Waals surface area contributed by atoms with Crippen molar-refractivity contribution in [2.75, 3.05) is 6.54 Å². The van der Waals surface area contributed by atoms with E-state index in [9.17, 15) is 0 Å². The van der Waals surface area contributed by atoms with Gasteiger partial charge in [-0.15, -0.1) is 0 Å². The Bertz CT molecular complexity index is 456. The molecule has 0 bridgehead atoms. The van der Waals surface area contributed by atoms with Gasteiger partial charge in [0.25, 0.3) is 0 Å². The molecule has 0 aromatic carbocycles. The van der Waals surface area contributed by atoms with Gasteiger partial charge in [-0.3, -0.25) is 4.68 Å². The highest BCUT2D eigenvalue weighted by molar-refractivity contribution is 5.59. The Labute approximate surface area is 88.7 Å². The summed E-state index contributed by atoms with van der Waals surface area (Å²) in [4.78, 5) is 0. The van der Waals surface area contributed by atoms with Crippen molar-refractivity contribution in [2.24, 2.45) is 12.8 Å². The van der Waals surface area contributed by atoms with Gasteiger partial charge in [0.2, 0.25) is 0 Å². The zero-order valence-corrected chi connectivity index (χ0v) is 9.03. The lowest BCUT2D eigenvalue weighted by molar-refractivity contribution is 0.547. The molecule has 0 aliphatic carbocycles. The number of aromatic nitrogens is 2. The molecule has 2 aromatic heterocycles. The molecule has 0 amide bonds. The number of hydrogen-bond acceptors (Lipinski definition) is 3. The fourth-order valence-corrected chi connectivity index (χ4v) is 1.68. The summed E-state index contributed by atoms with van der Waals surface area (Å²) in [5.41, 5.74) is 7.72. The van der Waals surface area contributed by atoms with E-state index in [1.807, 2.05) is 37.0 Å². The molecule has 0 aliphatic heterocycles. The predicted molar refractivity (Wildman–Crippen MR) is 58.4 cm³/mol. The summed E-state index contributed by atoms with van der Waals surface area (Å²) in [6.07, 6.45) is 2.63. The third-order valence-electron chi connectivity index (χ3n) is 2.45. The van der Waals surface area contributed by atoms with Crippen molar-refractivity contribution in [3.05, 3.63) is 29.8 Å². The van der Waals surface area contributed by atoms with Crippen LogP contribution in [0.5, 0.6) is 0 Å². The molecule has 0 radical (unpaired) electrons. The lowest BCUT2D eigenvalue weighted by Crippen LogP contribution is -2.08. The molecule has 2 rings (SSSR count). The van der Waals surface area contributed by atoms with Gasteiger partial charge in [0.1, 0.15) is 11.5 Å². The second-order valence-electron chi connectivity index (χ2n) is 3.58. The largest absolute Gasteiger partial charge is 0.461 e. The van der Waals surface area contributed by atoms with Gasteiger partial charge in [-0.25, -0.2) is 0 Å². The second-order valence-corrected chi connectivity index (χ2v) is 3.58. The van der Waals surface area contributed by atoms with E-state index in [4.69, 9.17) is 10.2 Å². The topological polar surface area (TPSA) is 57.0 Å². The average Bonchev–Trinajstić information content (AvgIpc) is 2.76. The molecule has 0 saturated carbocycles. The van der Waals surface area contributed by atoms with Crippen molar-refractivity contribution >= 4 is 0 Å². The Morgan fingerprint density at radius 1 is 1.47 bits per heavy atom. The number of hydrogen-bond donors (Lipinski definition) is 1. The van der Waals surface area contributed by atoms with Gasteiger partial charge in [0.05, 0.1) is 17.5 Å². The third-order valence-corrected chi connectivity index (χ3v) is 2.45. The lowest BCUT2D eigenvalue weighted by atomic mass is 10.1. The maximum atomic E-state index is 5.58. The average molecular weight is 205 g/mol. The molecule has 0 aliphatic rings. The van der Waals surface area contributed by atoms with E-state index in [0.717, 1.165) is 29.2 Å². The first kappa shape index (κ1) is 9.98. The van der Waals surface area contributed by atoms with Crippen molar-refractivity contribution in [3.8, 4) is 11.3 Å². The van der Waals surface area contributed by atoms with E-state index in [0.29, 0.717) is 6.54 Å². The van der Waals surface area contributed by atoms with Gasteiger partial charge in [-0.1, -0.05) is 0 Å². The fraction of sp³-hybridized carbons (Fsp3) is 0.364. The van der Waals surface area contributed by atoms with E-state index in [-0.39, 0.29) is 0 Å². The minimum absolute atomic E-state index is 0.617. The van der Waals surface area contributed by atoms with Crippen LogP contribution in [-0.2, 0) is 13.5 Å². The highest BCUT2D eigenvalue weighted by atomic mass is 16.3. The van der Waals surface area contributed by atoms with Gasteiger partial charge >= 0.3 is 0 Å². The van der Waals surface area contributed by atoms with Crippen LogP contribution in [0.15, 0.2) is 22.7 Å². The van der Waals surface area contributed by atoms with Gasteiger partial charge in [0.15, 0.2) is 0 Å². The zero-order chi connectivity index (χ0) is 10.8. The number of aryl methyl sites for hydroxylation is 2. The SMILES string of the molecule is Cc1ccc(-c2cnn(C)c2CCN)o1. The van der Waals surface area contributed by atoms with Crippen LogP contribution in [-0.4, -0.2) is 16.3 Å². The van der Waals surface area contributed by atoms with Gasteiger partial charge in [0, 0.05) is 13.5 Å². The van der Waals surface area contributed by atoms with E-state index in [1.165, 1.54) is 0 Å². The highest BCUT2D eigenvalue weighted by Gasteiger charge is 2.12. The van der Waals surface area contributed by atoms with Crippen molar-refractivity contribution in [2.45, 2.75) is 13.3 Å². The van der Waals surface area contributed by atoms with Crippen molar-refractivity contribution in [1.29, 1.82) is 0 Å². The summed E-state index contributed by atoms with van der Waals surface area (Å²) in [5, 5.41) is 4.22. The van der Waals surface area contributed by atoms with Crippen LogP contribution < -0.4 is 5.73 Å². The van der Waals surface area contributed by atoms with Gasteiger partial charge < -0.3 is 10.2 Å². The van der Waals surface area contributed by atoms with Gasteiger partial charge in [-0.05, 0) is 25.6 Å². The summed E-state index contributed by atoms with van der Waals surface area (Å²) < 4.78 is 7.42. The minimum Gasteiger partial charge on any atom is -0.461 e. The number of furan rings is 1. The monoisotopic (exact) mass is 205 g/mol. The van der Waals surface area contributed by atoms with E-state index in [1.54, 1.807) is 0 Å². The second kappa shape index (κ2) is 3.90. The summed E-state index contributed by atoms with van der Waals surface area (Å²) in [7, 11) is 1.92. The molecule has 0 unspecified atom stereocenters. The Morgan fingerprint density at radius 3 is 2.87 bits per heavy atom. The standard InChI is InChI=1S/C11H15N3O/c1-8-3-4-11(15-8)9-7-13-14(2)10(9)5-6-12/h3-4,7H,5-6,12H2,1-2H3. The number of nitrogens with zero attached hydrogens (tertiary/aromatic N) is 2. The Morgan fingerprint density at radius 2 is 2.27 bits per heavy atom. The maximum Gasteiger partial charge on any atom is 0.137 e. The number of nitrogens with two attached hydrogens (primary N) is 1. The fourth-order valence-electron chi connectivity index (χ4n) is 1.68. The maximum absolute atomic E-state index is 5.58. The molecular formula is C11H15N3O. The van der Waals surface area contributed by atoms with Gasteiger partial charge in [-0.2, -0.15) is 5.10 Å². The molecule has 0 saturated heterocycles. The molecule has 4 nitrogen and oxygen atoms in total. The Balaban J connectivity index is 2.43. The Hall–Kier alpha value is -1.55. The highest BCUT2D eigenvalue weighted by Crippen LogP contribution is 2.25. The van der Waals surface area contributed by atoms with Crippen LogP contribution in [0.3, 0.4) is 0 Å². The quantitative estimate of drug-likeness (QED) is 0.825.